The molecule has 0 saturated carbocycles. The first-order chi connectivity index (χ1) is 7.96. The van der Waals surface area contributed by atoms with Gasteiger partial charge in [0.2, 0.25) is 0 Å². The molecular formula is C15H22N2. The summed E-state index contributed by atoms with van der Waals surface area (Å²) >= 11 is 0. The molecule has 1 aromatic rings. The lowest BCUT2D eigenvalue weighted by molar-refractivity contribution is 0.436. The van der Waals surface area contributed by atoms with Crippen LogP contribution in [0.2, 0.25) is 0 Å². The van der Waals surface area contributed by atoms with Crippen LogP contribution in [-0.2, 0) is 0 Å². The van der Waals surface area contributed by atoms with E-state index >= 15 is 0 Å². The Morgan fingerprint density at radius 3 is 2.53 bits per heavy atom. The number of hydrogen-bond acceptors (Lipinski definition) is 2. The largest absolute Gasteiger partial charge is 0.374 e. The zero-order chi connectivity index (χ0) is 12.9. The molecule has 0 heterocycles. The molecule has 0 saturated heterocycles. The van der Waals surface area contributed by atoms with E-state index in [1.165, 1.54) is 11.3 Å². The van der Waals surface area contributed by atoms with Gasteiger partial charge in [0.15, 0.2) is 0 Å². The standard InChI is InChI=1S/C15H22N2/c1-13-8-5-6-9-14(13)17(4)11-7-10-15(2,3)12-16/h5-6,8-9H,7,10-11H2,1-4H3. The summed E-state index contributed by atoms with van der Waals surface area (Å²) in [6, 6.07) is 10.7. The second kappa shape index (κ2) is 5.72. The van der Waals surface area contributed by atoms with Gasteiger partial charge < -0.3 is 4.90 Å². The van der Waals surface area contributed by atoms with Gasteiger partial charge in [-0.25, -0.2) is 0 Å². The van der Waals surface area contributed by atoms with Crippen molar-refractivity contribution < 1.29 is 0 Å². The highest BCUT2D eigenvalue weighted by Crippen LogP contribution is 2.23. The molecular weight excluding hydrogens is 208 g/mol. The molecule has 0 N–H and O–H groups in total. The van der Waals surface area contributed by atoms with E-state index in [2.05, 4.69) is 49.2 Å². The van der Waals surface area contributed by atoms with E-state index in [0.29, 0.717) is 0 Å². The maximum absolute atomic E-state index is 8.96. The monoisotopic (exact) mass is 230 g/mol. The van der Waals surface area contributed by atoms with E-state index in [-0.39, 0.29) is 5.41 Å². The SMILES string of the molecule is Cc1ccccc1N(C)CCCC(C)(C)C#N. The van der Waals surface area contributed by atoms with E-state index in [1.54, 1.807) is 0 Å². The lowest BCUT2D eigenvalue weighted by atomic mass is 9.90. The molecule has 0 aromatic heterocycles. The first-order valence-electron chi connectivity index (χ1n) is 6.14. The fraction of sp³-hybridized carbons (Fsp3) is 0.533. The molecule has 0 aliphatic heterocycles. The van der Waals surface area contributed by atoms with Crippen LogP contribution in [0.1, 0.15) is 32.3 Å². The average Bonchev–Trinajstić information content (AvgIpc) is 2.29. The van der Waals surface area contributed by atoms with Crippen molar-refractivity contribution in [2.45, 2.75) is 33.6 Å². The molecule has 0 aliphatic carbocycles. The summed E-state index contributed by atoms with van der Waals surface area (Å²) in [6.45, 7) is 7.13. The van der Waals surface area contributed by atoms with Crippen molar-refractivity contribution in [1.82, 2.24) is 0 Å². The second-order valence-electron chi connectivity index (χ2n) is 5.31. The third-order valence-corrected chi connectivity index (χ3v) is 3.12. The van der Waals surface area contributed by atoms with Crippen LogP contribution in [0.3, 0.4) is 0 Å². The summed E-state index contributed by atoms with van der Waals surface area (Å²) in [4.78, 5) is 2.27. The zero-order valence-corrected chi connectivity index (χ0v) is 11.3. The Balaban J connectivity index is 2.49. The molecule has 0 fully saturated rings. The highest BCUT2D eigenvalue weighted by molar-refractivity contribution is 5.52. The van der Waals surface area contributed by atoms with E-state index in [9.17, 15) is 0 Å². The van der Waals surface area contributed by atoms with Gasteiger partial charge in [0.05, 0.1) is 11.5 Å². The molecule has 1 rings (SSSR count). The van der Waals surface area contributed by atoms with Crippen molar-refractivity contribution in [1.29, 1.82) is 5.26 Å². The summed E-state index contributed by atoms with van der Waals surface area (Å²) in [7, 11) is 2.11. The molecule has 92 valence electrons. The maximum atomic E-state index is 8.96. The van der Waals surface area contributed by atoms with E-state index in [0.717, 1.165) is 19.4 Å². The van der Waals surface area contributed by atoms with Crippen molar-refractivity contribution >= 4 is 5.69 Å². The van der Waals surface area contributed by atoms with E-state index in [1.807, 2.05) is 13.8 Å². The van der Waals surface area contributed by atoms with Gasteiger partial charge in [-0.2, -0.15) is 5.26 Å². The first kappa shape index (κ1) is 13.6. The molecule has 0 spiro atoms. The zero-order valence-electron chi connectivity index (χ0n) is 11.3. The number of rotatable bonds is 5. The van der Waals surface area contributed by atoms with Crippen LogP contribution in [-0.4, -0.2) is 13.6 Å². The van der Waals surface area contributed by atoms with Gasteiger partial charge in [0.1, 0.15) is 0 Å². The summed E-state index contributed by atoms with van der Waals surface area (Å²) < 4.78 is 0. The predicted octanol–water partition coefficient (Wildman–Crippen LogP) is 3.76. The molecule has 0 bridgehead atoms. The molecule has 2 heteroatoms. The number of para-hydroxylation sites is 1. The lowest BCUT2D eigenvalue weighted by Gasteiger charge is -2.23. The van der Waals surface area contributed by atoms with Gasteiger partial charge in [-0.15, -0.1) is 0 Å². The second-order valence-corrected chi connectivity index (χ2v) is 5.31. The molecule has 0 aliphatic rings. The third kappa shape index (κ3) is 4.11. The normalized spacial score (nSPS) is 11.0. The highest BCUT2D eigenvalue weighted by Gasteiger charge is 2.16. The molecule has 0 unspecified atom stereocenters. The number of anilines is 1. The Labute approximate surface area is 105 Å². The first-order valence-corrected chi connectivity index (χ1v) is 6.14. The van der Waals surface area contributed by atoms with Crippen LogP contribution < -0.4 is 4.90 Å². The van der Waals surface area contributed by atoms with Gasteiger partial charge in [-0.3, -0.25) is 0 Å². The molecule has 17 heavy (non-hydrogen) atoms. The van der Waals surface area contributed by atoms with Crippen molar-refractivity contribution in [3.8, 4) is 6.07 Å². The van der Waals surface area contributed by atoms with E-state index in [4.69, 9.17) is 5.26 Å². The Hall–Kier alpha value is -1.49. The quantitative estimate of drug-likeness (QED) is 0.770. The average molecular weight is 230 g/mol. The smallest absolute Gasteiger partial charge is 0.0683 e. The Morgan fingerprint density at radius 2 is 1.94 bits per heavy atom. The van der Waals surface area contributed by atoms with Crippen LogP contribution in [0, 0.1) is 23.7 Å². The molecule has 0 radical (unpaired) electrons. The van der Waals surface area contributed by atoms with Crippen molar-refractivity contribution in [3.63, 3.8) is 0 Å². The minimum Gasteiger partial charge on any atom is -0.374 e. The number of nitrogens with zero attached hydrogens (tertiary/aromatic N) is 2. The van der Waals surface area contributed by atoms with Gasteiger partial charge in [-0.1, -0.05) is 18.2 Å². The van der Waals surface area contributed by atoms with Crippen LogP contribution in [0.5, 0.6) is 0 Å². The number of benzene rings is 1. The third-order valence-electron chi connectivity index (χ3n) is 3.12. The maximum Gasteiger partial charge on any atom is 0.0683 e. The van der Waals surface area contributed by atoms with Crippen molar-refractivity contribution in [2.24, 2.45) is 5.41 Å². The fourth-order valence-corrected chi connectivity index (χ4v) is 1.93. The van der Waals surface area contributed by atoms with Crippen molar-refractivity contribution in [2.75, 3.05) is 18.5 Å². The van der Waals surface area contributed by atoms with Crippen LogP contribution in [0.15, 0.2) is 24.3 Å². The van der Waals surface area contributed by atoms with Gasteiger partial charge in [-0.05, 0) is 45.2 Å². The number of hydrogen-bond donors (Lipinski definition) is 0. The molecule has 0 amide bonds. The summed E-state index contributed by atoms with van der Waals surface area (Å²) in [5.41, 5.74) is 2.38. The summed E-state index contributed by atoms with van der Waals surface area (Å²) in [5.74, 6) is 0. The molecule has 1 aromatic carbocycles. The van der Waals surface area contributed by atoms with Gasteiger partial charge in [0, 0.05) is 19.3 Å². The minimum absolute atomic E-state index is 0.202. The Bertz CT molecular complexity index is 402. The lowest BCUT2D eigenvalue weighted by Crippen LogP contribution is -2.21. The fourth-order valence-electron chi connectivity index (χ4n) is 1.93. The van der Waals surface area contributed by atoms with Crippen molar-refractivity contribution in [3.05, 3.63) is 29.8 Å². The van der Waals surface area contributed by atoms with Crippen LogP contribution in [0.25, 0.3) is 0 Å². The number of aryl methyl sites for hydroxylation is 1. The Kier molecular flexibility index (Phi) is 4.57. The Morgan fingerprint density at radius 1 is 1.29 bits per heavy atom. The minimum atomic E-state index is -0.202. The van der Waals surface area contributed by atoms with Crippen LogP contribution >= 0.6 is 0 Å². The topological polar surface area (TPSA) is 27.0 Å². The summed E-state index contributed by atoms with van der Waals surface area (Å²) in [6.07, 6.45) is 1.99. The number of nitriles is 1. The van der Waals surface area contributed by atoms with Gasteiger partial charge >= 0.3 is 0 Å². The molecule has 0 atom stereocenters. The van der Waals surface area contributed by atoms with Gasteiger partial charge in [0.25, 0.3) is 0 Å². The molecule has 2 nitrogen and oxygen atoms in total. The van der Waals surface area contributed by atoms with E-state index < -0.39 is 0 Å². The summed E-state index contributed by atoms with van der Waals surface area (Å²) in [5, 5.41) is 8.96. The van der Waals surface area contributed by atoms with Crippen LogP contribution in [0.4, 0.5) is 5.69 Å². The predicted molar refractivity (Wildman–Crippen MR) is 73.1 cm³/mol. The highest BCUT2D eigenvalue weighted by atomic mass is 15.1.